The van der Waals surface area contributed by atoms with Gasteiger partial charge in [0.25, 0.3) is 0 Å². The smallest absolute Gasteiger partial charge is 0.185 e. The van der Waals surface area contributed by atoms with E-state index in [1.54, 1.807) is 24.3 Å². The molecule has 1 fully saturated rings. The third-order valence-electron chi connectivity index (χ3n) is 4.30. The molecule has 1 saturated carbocycles. The van der Waals surface area contributed by atoms with Crippen LogP contribution in [0.4, 0.5) is 8.78 Å². The molecule has 3 rings (SSSR count). The van der Waals surface area contributed by atoms with Crippen molar-refractivity contribution in [1.82, 2.24) is 0 Å². The van der Waals surface area contributed by atoms with E-state index in [0.29, 0.717) is 35.1 Å². The van der Waals surface area contributed by atoms with Gasteiger partial charge in [-0.25, -0.2) is 8.78 Å². The summed E-state index contributed by atoms with van der Waals surface area (Å²) in [6.07, 6.45) is 5.44. The lowest BCUT2D eigenvalue weighted by Gasteiger charge is -2.17. The van der Waals surface area contributed by atoms with Crippen LogP contribution in [0.25, 0.3) is 12.2 Å². The van der Waals surface area contributed by atoms with Crippen LogP contribution in [0.1, 0.15) is 30.4 Å². The Hall–Kier alpha value is -2.95. The first-order chi connectivity index (χ1) is 12.5. The number of Topliss-reactive ketones (excluding diaryl/α,β-unsaturated/α-hetero) is 1. The number of hydrogen-bond acceptors (Lipinski definition) is 3. The highest BCUT2D eigenvalue weighted by Gasteiger charge is 2.20. The Labute approximate surface area is 150 Å². The fourth-order valence-corrected chi connectivity index (χ4v) is 2.97. The number of methoxy groups -OCH3 is 1. The van der Waals surface area contributed by atoms with Crippen molar-refractivity contribution in [2.45, 2.75) is 19.3 Å². The molecule has 0 aromatic heterocycles. The number of ether oxygens (including phenoxy) is 1. The summed E-state index contributed by atoms with van der Waals surface area (Å²) in [6.45, 7) is 0. The van der Waals surface area contributed by atoms with Crippen LogP contribution in [0.5, 0.6) is 11.5 Å². The van der Waals surface area contributed by atoms with Crippen LogP contribution < -0.4 is 4.74 Å². The second-order valence-electron chi connectivity index (χ2n) is 6.13. The Morgan fingerprint density at radius 2 is 1.54 bits per heavy atom. The second-order valence-corrected chi connectivity index (χ2v) is 6.13. The van der Waals surface area contributed by atoms with E-state index in [-0.39, 0.29) is 11.5 Å². The number of halogens is 2. The fourth-order valence-electron chi connectivity index (χ4n) is 2.97. The van der Waals surface area contributed by atoms with Crippen molar-refractivity contribution in [3.8, 4) is 11.5 Å². The number of ketones is 1. The number of carbonyl (C=O) groups is 1. The molecule has 3 nitrogen and oxygen atoms in total. The standard InChI is InChI=1S/C21H18F2O3/c1-26-20-12-14(6-8-18(20)23)10-16-4-2-3-15(21(16)25)9-13-5-7-17(22)19(24)11-13/h5-12,24H,2-4H2,1H3/b15-9+,16-10+. The zero-order valence-corrected chi connectivity index (χ0v) is 14.3. The van der Waals surface area contributed by atoms with Crippen molar-refractivity contribution < 1.29 is 23.4 Å². The van der Waals surface area contributed by atoms with Crippen LogP contribution in [-0.2, 0) is 4.79 Å². The minimum atomic E-state index is -0.701. The van der Waals surface area contributed by atoms with Crippen molar-refractivity contribution in [2.75, 3.05) is 7.11 Å². The van der Waals surface area contributed by atoms with Crippen LogP contribution in [0.15, 0.2) is 47.5 Å². The number of hydrogen-bond donors (Lipinski definition) is 1. The minimum Gasteiger partial charge on any atom is -0.505 e. The van der Waals surface area contributed by atoms with E-state index < -0.39 is 17.4 Å². The van der Waals surface area contributed by atoms with E-state index >= 15 is 0 Å². The zero-order chi connectivity index (χ0) is 18.7. The number of phenolic OH excluding ortho intramolecular Hbond substituents is 1. The maximum Gasteiger partial charge on any atom is 0.185 e. The lowest BCUT2D eigenvalue weighted by Crippen LogP contribution is -2.12. The Morgan fingerprint density at radius 3 is 2.12 bits per heavy atom. The van der Waals surface area contributed by atoms with Crippen molar-refractivity contribution in [3.63, 3.8) is 0 Å². The van der Waals surface area contributed by atoms with Crippen LogP contribution in [0, 0.1) is 11.6 Å². The summed E-state index contributed by atoms with van der Waals surface area (Å²) in [5, 5.41) is 9.47. The number of benzene rings is 2. The lowest BCUT2D eigenvalue weighted by molar-refractivity contribution is -0.112. The summed E-state index contributed by atoms with van der Waals surface area (Å²) in [5.74, 6) is -1.57. The number of carbonyl (C=O) groups excluding carboxylic acids is 1. The third-order valence-corrected chi connectivity index (χ3v) is 4.30. The summed E-state index contributed by atoms with van der Waals surface area (Å²) in [7, 11) is 1.39. The Bertz CT molecular complexity index is 913. The Kier molecular flexibility index (Phi) is 5.16. The fraction of sp³-hybridized carbons (Fsp3) is 0.190. The van der Waals surface area contributed by atoms with E-state index in [9.17, 15) is 18.7 Å². The molecule has 0 radical (unpaired) electrons. The molecule has 2 aromatic carbocycles. The van der Waals surface area contributed by atoms with E-state index in [2.05, 4.69) is 0 Å². The van der Waals surface area contributed by atoms with Gasteiger partial charge in [0.2, 0.25) is 0 Å². The molecule has 0 spiro atoms. The molecule has 26 heavy (non-hydrogen) atoms. The molecular weight excluding hydrogens is 338 g/mol. The van der Waals surface area contributed by atoms with Gasteiger partial charge < -0.3 is 9.84 Å². The van der Waals surface area contributed by atoms with Gasteiger partial charge in [-0.3, -0.25) is 4.79 Å². The number of aromatic hydroxyl groups is 1. The van der Waals surface area contributed by atoms with E-state index in [0.717, 1.165) is 12.5 Å². The summed E-state index contributed by atoms with van der Waals surface area (Å²) in [6, 6.07) is 8.41. The van der Waals surface area contributed by atoms with Gasteiger partial charge in [-0.15, -0.1) is 0 Å². The quantitative estimate of drug-likeness (QED) is 0.796. The molecule has 2 aromatic rings. The molecule has 0 atom stereocenters. The molecule has 0 aliphatic heterocycles. The summed E-state index contributed by atoms with van der Waals surface area (Å²) in [4.78, 5) is 12.7. The highest BCUT2D eigenvalue weighted by molar-refractivity contribution is 6.14. The summed E-state index contributed by atoms with van der Waals surface area (Å²) >= 11 is 0. The van der Waals surface area contributed by atoms with Gasteiger partial charge in [-0.05, 0) is 66.8 Å². The van der Waals surface area contributed by atoms with Crippen molar-refractivity contribution in [2.24, 2.45) is 0 Å². The van der Waals surface area contributed by atoms with E-state index in [1.165, 1.54) is 25.3 Å². The number of rotatable bonds is 3. The topological polar surface area (TPSA) is 46.5 Å². The molecule has 0 heterocycles. The highest BCUT2D eigenvalue weighted by Crippen LogP contribution is 2.30. The minimum absolute atomic E-state index is 0.0941. The molecule has 5 heteroatoms. The number of allylic oxidation sites excluding steroid dienone is 2. The first-order valence-electron chi connectivity index (χ1n) is 8.26. The molecule has 0 amide bonds. The molecule has 0 unspecified atom stereocenters. The van der Waals surface area contributed by atoms with E-state index in [1.807, 2.05) is 0 Å². The molecule has 1 N–H and O–H groups in total. The zero-order valence-electron chi connectivity index (χ0n) is 14.3. The van der Waals surface area contributed by atoms with Gasteiger partial charge in [-0.1, -0.05) is 12.1 Å². The van der Waals surface area contributed by atoms with Crippen molar-refractivity contribution in [1.29, 1.82) is 0 Å². The monoisotopic (exact) mass is 356 g/mol. The lowest BCUT2D eigenvalue weighted by atomic mass is 9.87. The Balaban J connectivity index is 1.89. The Morgan fingerprint density at radius 1 is 0.962 bits per heavy atom. The predicted molar refractivity (Wildman–Crippen MR) is 95.8 cm³/mol. The van der Waals surface area contributed by atoms with Crippen LogP contribution in [-0.4, -0.2) is 18.0 Å². The van der Waals surface area contributed by atoms with Gasteiger partial charge in [0.15, 0.2) is 28.9 Å². The molecule has 0 bridgehead atoms. The van der Waals surface area contributed by atoms with Crippen LogP contribution in [0.3, 0.4) is 0 Å². The molecule has 1 aliphatic carbocycles. The first kappa shape index (κ1) is 17.9. The molecule has 134 valence electrons. The summed E-state index contributed by atoms with van der Waals surface area (Å²) in [5.41, 5.74) is 2.48. The van der Waals surface area contributed by atoms with Crippen LogP contribution in [0.2, 0.25) is 0 Å². The summed E-state index contributed by atoms with van der Waals surface area (Å²) < 4.78 is 31.7. The van der Waals surface area contributed by atoms with Gasteiger partial charge in [0, 0.05) is 11.1 Å². The molecular formula is C21H18F2O3. The second kappa shape index (κ2) is 7.52. The van der Waals surface area contributed by atoms with Gasteiger partial charge in [0.1, 0.15) is 0 Å². The van der Waals surface area contributed by atoms with Crippen molar-refractivity contribution in [3.05, 3.63) is 70.3 Å². The van der Waals surface area contributed by atoms with Gasteiger partial charge >= 0.3 is 0 Å². The maximum absolute atomic E-state index is 13.5. The average molecular weight is 356 g/mol. The van der Waals surface area contributed by atoms with Gasteiger partial charge in [0.05, 0.1) is 7.11 Å². The van der Waals surface area contributed by atoms with Crippen LogP contribution >= 0.6 is 0 Å². The largest absolute Gasteiger partial charge is 0.505 e. The average Bonchev–Trinajstić information content (AvgIpc) is 2.63. The SMILES string of the molecule is COc1cc(/C=C2\CCC/C(=C\c3ccc(F)c(O)c3)C2=O)ccc1F. The van der Waals surface area contributed by atoms with E-state index in [4.69, 9.17) is 4.74 Å². The third kappa shape index (κ3) is 3.82. The normalized spacial score (nSPS) is 17.7. The predicted octanol–water partition coefficient (Wildman–Crippen LogP) is 4.90. The van der Waals surface area contributed by atoms with Crippen molar-refractivity contribution >= 4 is 17.9 Å². The maximum atomic E-state index is 13.5. The number of phenols is 1. The highest BCUT2D eigenvalue weighted by atomic mass is 19.1. The molecule has 1 aliphatic rings. The first-order valence-corrected chi connectivity index (χ1v) is 8.26. The van der Waals surface area contributed by atoms with Gasteiger partial charge in [-0.2, -0.15) is 0 Å². The molecule has 0 saturated heterocycles.